The highest BCUT2D eigenvalue weighted by Crippen LogP contribution is 2.25. The number of benzene rings is 1. The van der Waals surface area contributed by atoms with Gasteiger partial charge < -0.3 is 9.73 Å². The Morgan fingerprint density at radius 2 is 2.22 bits per heavy atom. The van der Waals surface area contributed by atoms with E-state index in [9.17, 15) is 0 Å². The Kier molecular flexibility index (Phi) is 4.38. The molecule has 1 unspecified atom stereocenters. The van der Waals surface area contributed by atoms with Crippen LogP contribution >= 0.6 is 11.8 Å². The maximum atomic E-state index is 5.35. The van der Waals surface area contributed by atoms with Crippen molar-refractivity contribution in [3.63, 3.8) is 0 Å². The van der Waals surface area contributed by atoms with Gasteiger partial charge in [-0.3, -0.25) is 0 Å². The number of hydrogen-bond acceptors (Lipinski definition) is 5. The molecule has 4 nitrogen and oxygen atoms in total. The fourth-order valence-corrected chi connectivity index (χ4v) is 2.38. The monoisotopic (exact) mass is 263 g/mol. The molecule has 0 aliphatic heterocycles. The second-order valence-electron chi connectivity index (χ2n) is 4.09. The summed E-state index contributed by atoms with van der Waals surface area (Å²) in [4.78, 5) is 1.21. The zero-order valence-corrected chi connectivity index (χ0v) is 11.6. The van der Waals surface area contributed by atoms with Gasteiger partial charge in [-0.1, -0.05) is 12.1 Å². The van der Waals surface area contributed by atoms with Crippen LogP contribution in [0.4, 0.5) is 0 Å². The lowest BCUT2D eigenvalue weighted by atomic mass is 10.1. The Balaban J connectivity index is 2.01. The smallest absolute Gasteiger partial charge is 0.226 e. The van der Waals surface area contributed by atoms with E-state index in [-0.39, 0.29) is 0 Å². The van der Waals surface area contributed by atoms with E-state index in [0.717, 1.165) is 0 Å². The van der Waals surface area contributed by atoms with Crippen LogP contribution in [0.2, 0.25) is 0 Å². The average molecular weight is 263 g/mol. The first kappa shape index (κ1) is 13.1. The standard InChI is InChI=1S/C13H17N3OS/c1-9(14-3)11-5-4-6-12(7-11)18-8-13-16-15-10(2)17-13/h4-7,9,14H,8H2,1-3H3. The van der Waals surface area contributed by atoms with E-state index in [1.54, 1.807) is 18.7 Å². The molecule has 1 aromatic heterocycles. The molecule has 0 amide bonds. The van der Waals surface area contributed by atoms with Crippen LogP contribution in [0, 0.1) is 6.92 Å². The van der Waals surface area contributed by atoms with Gasteiger partial charge in [-0.2, -0.15) is 0 Å². The normalized spacial score (nSPS) is 12.6. The summed E-state index contributed by atoms with van der Waals surface area (Å²) in [7, 11) is 1.96. The highest BCUT2D eigenvalue weighted by Gasteiger charge is 2.06. The molecule has 96 valence electrons. The van der Waals surface area contributed by atoms with Gasteiger partial charge in [0, 0.05) is 17.9 Å². The van der Waals surface area contributed by atoms with Crippen molar-refractivity contribution in [3.05, 3.63) is 41.6 Å². The SMILES string of the molecule is CNC(C)c1cccc(SCc2nnc(C)o2)c1. The van der Waals surface area contributed by atoms with Crippen molar-refractivity contribution in [2.24, 2.45) is 0 Å². The molecule has 1 heterocycles. The molecule has 1 aromatic carbocycles. The Morgan fingerprint density at radius 1 is 1.39 bits per heavy atom. The molecule has 0 radical (unpaired) electrons. The van der Waals surface area contributed by atoms with Crippen LogP contribution in [0.5, 0.6) is 0 Å². The second-order valence-corrected chi connectivity index (χ2v) is 5.14. The molecular formula is C13H17N3OS. The third-order valence-electron chi connectivity index (χ3n) is 2.72. The molecule has 0 saturated carbocycles. The number of rotatable bonds is 5. The lowest BCUT2D eigenvalue weighted by molar-refractivity contribution is 0.485. The Morgan fingerprint density at radius 3 is 2.89 bits per heavy atom. The molecule has 0 saturated heterocycles. The molecule has 5 heteroatoms. The van der Waals surface area contributed by atoms with Gasteiger partial charge in [0.1, 0.15) is 0 Å². The summed E-state index contributed by atoms with van der Waals surface area (Å²) in [6.45, 7) is 3.95. The van der Waals surface area contributed by atoms with Crippen LogP contribution < -0.4 is 5.32 Å². The van der Waals surface area contributed by atoms with Crippen LogP contribution in [0.25, 0.3) is 0 Å². The van der Waals surface area contributed by atoms with E-state index >= 15 is 0 Å². The van der Waals surface area contributed by atoms with Crippen LogP contribution in [-0.4, -0.2) is 17.2 Å². The minimum atomic E-state index is 0.358. The molecule has 2 aromatic rings. The van der Waals surface area contributed by atoms with Gasteiger partial charge in [-0.15, -0.1) is 22.0 Å². The third kappa shape index (κ3) is 3.34. The topological polar surface area (TPSA) is 51.0 Å². The molecule has 0 aliphatic carbocycles. The average Bonchev–Trinajstić information content (AvgIpc) is 2.81. The summed E-state index contributed by atoms with van der Waals surface area (Å²) in [5.41, 5.74) is 1.28. The number of hydrogen-bond donors (Lipinski definition) is 1. The maximum absolute atomic E-state index is 5.35. The van der Waals surface area contributed by atoms with E-state index in [4.69, 9.17) is 4.42 Å². The molecular weight excluding hydrogens is 246 g/mol. The molecule has 2 rings (SSSR count). The summed E-state index contributed by atoms with van der Waals surface area (Å²) >= 11 is 1.70. The summed E-state index contributed by atoms with van der Waals surface area (Å²) in [5, 5.41) is 11.0. The van der Waals surface area contributed by atoms with E-state index in [1.165, 1.54) is 10.5 Å². The fraction of sp³-hybridized carbons (Fsp3) is 0.385. The molecule has 0 fully saturated rings. The Hall–Kier alpha value is -1.33. The van der Waals surface area contributed by atoms with E-state index in [1.807, 2.05) is 7.05 Å². The largest absolute Gasteiger partial charge is 0.425 e. The number of nitrogens with zero attached hydrogens (tertiary/aromatic N) is 2. The highest BCUT2D eigenvalue weighted by molar-refractivity contribution is 7.98. The van der Waals surface area contributed by atoms with Gasteiger partial charge in [-0.25, -0.2) is 0 Å². The van der Waals surface area contributed by atoms with Gasteiger partial charge in [-0.05, 0) is 31.7 Å². The van der Waals surface area contributed by atoms with Crippen molar-refractivity contribution in [3.8, 4) is 0 Å². The Labute approximate surface area is 111 Å². The minimum absolute atomic E-state index is 0.358. The summed E-state index contributed by atoms with van der Waals surface area (Å²) in [5.74, 6) is 1.99. The second kappa shape index (κ2) is 6.02. The van der Waals surface area contributed by atoms with Crippen LogP contribution in [-0.2, 0) is 5.75 Å². The third-order valence-corrected chi connectivity index (χ3v) is 3.70. The molecule has 18 heavy (non-hydrogen) atoms. The van der Waals surface area contributed by atoms with E-state index in [2.05, 4.69) is 46.7 Å². The molecule has 0 spiro atoms. The molecule has 0 aliphatic rings. The first-order valence-corrected chi connectivity index (χ1v) is 6.86. The quantitative estimate of drug-likeness (QED) is 0.840. The summed E-state index contributed by atoms with van der Waals surface area (Å²) < 4.78 is 5.35. The van der Waals surface area contributed by atoms with Gasteiger partial charge in [0.25, 0.3) is 0 Å². The van der Waals surface area contributed by atoms with Gasteiger partial charge in [0.15, 0.2) is 0 Å². The zero-order valence-electron chi connectivity index (χ0n) is 10.8. The van der Waals surface area contributed by atoms with Crippen molar-refractivity contribution in [2.75, 3.05) is 7.05 Å². The first-order valence-electron chi connectivity index (χ1n) is 5.88. The fourth-order valence-electron chi connectivity index (χ4n) is 1.58. The van der Waals surface area contributed by atoms with Crippen LogP contribution in [0.3, 0.4) is 0 Å². The van der Waals surface area contributed by atoms with Crippen molar-refractivity contribution >= 4 is 11.8 Å². The first-order chi connectivity index (χ1) is 8.69. The zero-order chi connectivity index (χ0) is 13.0. The molecule has 0 bridgehead atoms. The minimum Gasteiger partial charge on any atom is -0.425 e. The van der Waals surface area contributed by atoms with E-state index in [0.29, 0.717) is 23.6 Å². The van der Waals surface area contributed by atoms with E-state index < -0.39 is 0 Å². The summed E-state index contributed by atoms with van der Waals surface area (Å²) in [6.07, 6.45) is 0. The van der Waals surface area contributed by atoms with Gasteiger partial charge >= 0.3 is 0 Å². The predicted molar refractivity (Wildman–Crippen MR) is 72.5 cm³/mol. The lowest BCUT2D eigenvalue weighted by Gasteiger charge is -2.11. The van der Waals surface area contributed by atoms with Gasteiger partial charge in [0.05, 0.1) is 5.75 Å². The van der Waals surface area contributed by atoms with Gasteiger partial charge in [0.2, 0.25) is 11.8 Å². The summed E-state index contributed by atoms with van der Waals surface area (Å²) in [6, 6.07) is 8.85. The maximum Gasteiger partial charge on any atom is 0.226 e. The predicted octanol–water partition coefficient (Wildman–Crippen LogP) is 2.95. The lowest BCUT2D eigenvalue weighted by Crippen LogP contribution is -2.11. The van der Waals surface area contributed by atoms with Crippen molar-refractivity contribution in [2.45, 2.75) is 30.5 Å². The molecule has 1 atom stereocenters. The number of aryl methyl sites for hydroxylation is 1. The number of aromatic nitrogens is 2. The highest BCUT2D eigenvalue weighted by atomic mass is 32.2. The van der Waals surface area contributed by atoms with Crippen molar-refractivity contribution in [1.29, 1.82) is 0 Å². The number of nitrogens with one attached hydrogen (secondary N) is 1. The van der Waals surface area contributed by atoms with Crippen LogP contribution in [0.1, 0.15) is 30.3 Å². The van der Waals surface area contributed by atoms with Crippen molar-refractivity contribution in [1.82, 2.24) is 15.5 Å². The Bertz CT molecular complexity index is 512. The molecule has 1 N–H and O–H groups in total. The number of thioether (sulfide) groups is 1. The van der Waals surface area contributed by atoms with Crippen LogP contribution in [0.15, 0.2) is 33.6 Å². The van der Waals surface area contributed by atoms with Crippen molar-refractivity contribution < 1.29 is 4.42 Å².